The number of rotatable bonds is 4. The van der Waals surface area contributed by atoms with E-state index in [1.54, 1.807) is 18.1 Å². The van der Waals surface area contributed by atoms with Crippen LogP contribution in [0.15, 0.2) is 42.6 Å². The molecule has 0 bridgehead atoms. The lowest BCUT2D eigenvalue weighted by atomic mass is 10.2. The number of methoxy groups -OCH3 is 1. The van der Waals surface area contributed by atoms with Crippen molar-refractivity contribution in [1.29, 1.82) is 5.26 Å². The predicted octanol–water partition coefficient (Wildman–Crippen LogP) is 1.50. The number of aromatic nitrogens is 1. The van der Waals surface area contributed by atoms with Crippen molar-refractivity contribution in [2.45, 2.75) is 12.5 Å². The molecular weight excluding hydrogens is 320 g/mol. The molecule has 1 fully saturated rings. The zero-order chi connectivity index (χ0) is 17.8. The molecule has 2 amide bonds. The summed E-state index contributed by atoms with van der Waals surface area (Å²) in [5.41, 5.74) is 1.23. The smallest absolute Gasteiger partial charge is 0.253 e. The van der Waals surface area contributed by atoms with Gasteiger partial charge in [0.05, 0.1) is 18.4 Å². The lowest BCUT2D eigenvalue weighted by Gasteiger charge is -2.19. The molecule has 25 heavy (non-hydrogen) atoms. The first-order chi connectivity index (χ1) is 12.1. The van der Waals surface area contributed by atoms with Crippen LogP contribution in [0.5, 0.6) is 5.75 Å². The van der Waals surface area contributed by atoms with E-state index in [1.807, 2.05) is 24.3 Å². The minimum Gasteiger partial charge on any atom is -0.495 e. The van der Waals surface area contributed by atoms with Crippen LogP contribution in [0.1, 0.15) is 22.5 Å². The number of nitrogens with zero attached hydrogens (tertiary/aromatic N) is 3. The van der Waals surface area contributed by atoms with Gasteiger partial charge in [-0.1, -0.05) is 12.1 Å². The summed E-state index contributed by atoms with van der Waals surface area (Å²) in [6.07, 6.45) is 1.83. The van der Waals surface area contributed by atoms with Gasteiger partial charge in [0.2, 0.25) is 5.91 Å². The number of anilines is 1. The zero-order valence-corrected chi connectivity index (χ0v) is 13.6. The average molecular weight is 336 g/mol. The number of amides is 2. The predicted molar refractivity (Wildman–Crippen MR) is 90.2 cm³/mol. The van der Waals surface area contributed by atoms with Crippen molar-refractivity contribution in [3.8, 4) is 11.8 Å². The Kier molecular flexibility index (Phi) is 4.61. The molecule has 1 saturated heterocycles. The molecular formula is C18H16N4O3. The summed E-state index contributed by atoms with van der Waals surface area (Å²) >= 11 is 0. The number of benzene rings is 1. The normalized spacial score (nSPS) is 16.4. The van der Waals surface area contributed by atoms with Gasteiger partial charge in [0.1, 0.15) is 23.6 Å². The van der Waals surface area contributed by atoms with Gasteiger partial charge in [-0.3, -0.25) is 9.59 Å². The summed E-state index contributed by atoms with van der Waals surface area (Å²) in [6, 6.07) is 11.5. The number of para-hydroxylation sites is 2. The molecule has 2 heterocycles. The molecule has 3 rings (SSSR count). The van der Waals surface area contributed by atoms with Crippen molar-refractivity contribution in [3.63, 3.8) is 0 Å². The van der Waals surface area contributed by atoms with Crippen molar-refractivity contribution >= 4 is 17.5 Å². The lowest BCUT2D eigenvalue weighted by molar-refractivity contribution is -0.118. The molecule has 1 aliphatic heterocycles. The zero-order valence-electron chi connectivity index (χ0n) is 13.6. The summed E-state index contributed by atoms with van der Waals surface area (Å²) in [7, 11) is 1.55. The average Bonchev–Trinajstić information content (AvgIpc) is 3.02. The van der Waals surface area contributed by atoms with Gasteiger partial charge >= 0.3 is 0 Å². The number of hydrogen-bond donors (Lipinski definition) is 1. The van der Waals surface area contributed by atoms with Crippen molar-refractivity contribution < 1.29 is 14.3 Å². The highest BCUT2D eigenvalue weighted by Gasteiger charge is 2.34. The van der Waals surface area contributed by atoms with Crippen LogP contribution in [-0.4, -0.2) is 36.5 Å². The minimum atomic E-state index is -0.604. The number of pyridine rings is 1. The third-order valence-electron chi connectivity index (χ3n) is 4.03. The van der Waals surface area contributed by atoms with E-state index in [1.165, 1.54) is 18.3 Å². The molecule has 0 spiro atoms. The summed E-state index contributed by atoms with van der Waals surface area (Å²) in [5, 5.41) is 11.5. The maximum absolute atomic E-state index is 12.6. The van der Waals surface area contributed by atoms with E-state index in [0.717, 1.165) is 0 Å². The van der Waals surface area contributed by atoms with Gasteiger partial charge in [0, 0.05) is 12.7 Å². The van der Waals surface area contributed by atoms with E-state index >= 15 is 0 Å². The van der Waals surface area contributed by atoms with Crippen LogP contribution in [0.25, 0.3) is 0 Å². The van der Waals surface area contributed by atoms with Gasteiger partial charge in [-0.15, -0.1) is 0 Å². The van der Waals surface area contributed by atoms with Crippen LogP contribution in [0.2, 0.25) is 0 Å². The maximum Gasteiger partial charge on any atom is 0.253 e. The Labute approximate surface area is 144 Å². The van der Waals surface area contributed by atoms with Crippen molar-refractivity contribution in [2.75, 3.05) is 18.6 Å². The van der Waals surface area contributed by atoms with Crippen LogP contribution in [0.3, 0.4) is 0 Å². The van der Waals surface area contributed by atoms with E-state index < -0.39 is 11.9 Å². The standard InChI is InChI=1S/C18H16N4O3/c1-25-16-5-3-2-4-15(16)22-9-8-14(18(22)24)21-17(23)12-6-7-13(10-19)20-11-12/h2-7,11,14H,8-9H2,1H3,(H,21,23). The van der Waals surface area contributed by atoms with Crippen LogP contribution in [0.4, 0.5) is 5.69 Å². The fraction of sp³-hybridized carbons (Fsp3) is 0.222. The number of carbonyl (C=O) groups excluding carboxylic acids is 2. The lowest BCUT2D eigenvalue weighted by Crippen LogP contribution is -2.41. The van der Waals surface area contributed by atoms with Gasteiger partial charge < -0.3 is 15.0 Å². The summed E-state index contributed by atoms with van der Waals surface area (Å²) in [4.78, 5) is 30.4. The van der Waals surface area contributed by atoms with Gasteiger partial charge in [0.15, 0.2) is 0 Å². The Morgan fingerprint density at radius 2 is 2.16 bits per heavy atom. The van der Waals surface area contributed by atoms with E-state index in [0.29, 0.717) is 30.0 Å². The van der Waals surface area contributed by atoms with Crippen LogP contribution in [0, 0.1) is 11.3 Å². The highest BCUT2D eigenvalue weighted by molar-refractivity contribution is 6.04. The summed E-state index contributed by atoms with van der Waals surface area (Å²) < 4.78 is 5.30. The highest BCUT2D eigenvalue weighted by atomic mass is 16.5. The Morgan fingerprint density at radius 3 is 2.84 bits per heavy atom. The number of hydrogen-bond acceptors (Lipinski definition) is 5. The molecule has 0 saturated carbocycles. The van der Waals surface area contributed by atoms with E-state index in [9.17, 15) is 9.59 Å². The molecule has 0 aliphatic carbocycles. The number of carbonyl (C=O) groups is 2. The molecule has 0 radical (unpaired) electrons. The summed E-state index contributed by atoms with van der Waals surface area (Å²) in [5.74, 6) is 0.0378. The second kappa shape index (κ2) is 7.01. The first-order valence-electron chi connectivity index (χ1n) is 7.75. The minimum absolute atomic E-state index is 0.181. The van der Waals surface area contributed by atoms with Crippen molar-refractivity contribution in [2.24, 2.45) is 0 Å². The second-order valence-corrected chi connectivity index (χ2v) is 5.52. The molecule has 7 nitrogen and oxygen atoms in total. The summed E-state index contributed by atoms with van der Waals surface area (Å²) in [6.45, 7) is 0.496. The van der Waals surface area contributed by atoms with Crippen LogP contribution < -0.4 is 15.0 Å². The molecule has 1 unspecified atom stereocenters. The first kappa shape index (κ1) is 16.5. The monoisotopic (exact) mass is 336 g/mol. The van der Waals surface area contributed by atoms with Crippen molar-refractivity contribution in [3.05, 3.63) is 53.9 Å². The number of nitriles is 1. The molecule has 1 aliphatic rings. The molecule has 2 aromatic rings. The van der Waals surface area contributed by atoms with E-state index in [4.69, 9.17) is 10.00 Å². The molecule has 126 valence electrons. The maximum atomic E-state index is 12.6. The molecule has 1 atom stereocenters. The van der Waals surface area contributed by atoms with Gasteiger partial charge in [-0.05, 0) is 30.7 Å². The number of ether oxygens (including phenoxy) is 1. The topological polar surface area (TPSA) is 95.3 Å². The molecule has 1 aromatic carbocycles. The Hall–Kier alpha value is -3.40. The Balaban J connectivity index is 1.71. The Morgan fingerprint density at radius 1 is 1.36 bits per heavy atom. The third-order valence-corrected chi connectivity index (χ3v) is 4.03. The van der Waals surface area contributed by atoms with Gasteiger partial charge in [-0.2, -0.15) is 5.26 Å². The largest absolute Gasteiger partial charge is 0.495 e. The molecule has 1 aromatic heterocycles. The first-order valence-corrected chi connectivity index (χ1v) is 7.75. The molecule has 1 N–H and O–H groups in total. The van der Waals surface area contributed by atoms with Crippen molar-refractivity contribution in [1.82, 2.24) is 10.3 Å². The second-order valence-electron chi connectivity index (χ2n) is 5.52. The fourth-order valence-corrected chi connectivity index (χ4v) is 2.74. The highest BCUT2D eigenvalue weighted by Crippen LogP contribution is 2.31. The van der Waals surface area contributed by atoms with E-state index in [2.05, 4.69) is 10.3 Å². The fourth-order valence-electron chi connectivity index (χ4n) is 2.74. The van der Waals surface area contributed by atoms with Gasteiger partial charge in [0.25, 0.3) is 5.91 Å². The van der Waals surface area contributed by atoms with Crippen LogP contribution >= 0.6 is 0 Å². The third kappa shape index (κ3) is 3.28. The SMILES string of the molecule is COc1ccccc1N1CCC(NC(=O)c2ccc(C#N)nc2)C1=O. The van der Waals surface area contributed by atoms with Gasteiger partial charge in [-0.25, -0.2) is 4.98 Å². The number of nitrogens with one attached hydrogen (secondary N) is 1. The van der Waals surface area contributed by atoms with Crippen LogP contribution in [-0.2, 0) is 4.79 Å². The van der Waals surface area contributed by atoms with E-state index in [-0.39, 0.29) is 11.6 Å². The quantitative estimate of drug-likeness (QED) is 0.913. The molecule has 7 heteroatoms. The Bertz CT molecular complexity index is 842.